The Kier molecular flexibility index (Phi) is 11.2. The molecule has 16 heteroatoms. The van der Waals surface area contributed by atoms with E-state index in [0.717, 1.165) is 45.8 Å². The number of nitrogens with zero attached hydrogens (tertiary/aromatic N) is 4. The Hall–Kier alpha value is -3.24. The molecule has 0 aliphatic carbocycles. The first-order valence-corrected chi connectivity index (χ1v) is 11.6. The molecule has 2 aromatic rings. The molecule has 10 nitrogen and oxygen atoms in total. The van der Waals surface area contributed by atoms with Gasteiger partial charge in [0.2, 0.25) is 0 Å². The first-order chi connectivity index (χ1) is 18.2. The van der Waals surface area contributed by atoms with E-state index in [1.165, 1.54) is 11.1 Å². The summed E-state index contributed by atoms with van der Waals surface area (Å²) in [6, 6.07) is 4.00. The van der Waals surface area contributed by atoms with Crippen LogP contribution in [0.15, 0.2) is 36.9 Å². The molecule has 2 N–H and O–H groups in total. The summed E-state index contributed by atoms with van der Waals surface area (Å²) in [5.74, 6) is -5.02. The van der Waals surface area contributed by atoms with E-state index in [2.05, 4.69) is 28.1 Å². The number of carboxylic acid groups (broad SMARTS) is 2. The Morgan fingerprint density at radius 2 is 1.64 bits per heavy atom. The molecule has 1 unspecified atom stereocenters. The highest BCUT2D eigenvalue weighted by atomic mass is 19.4. The van der Waals surface area contributed by atoms with Gasteiger partial charge in [-0.05, 0) is 31.0 Å². The van der Waals surface area contributed by atoms with E-state index >= 15 is 0 Å². The molecule has 0 aromatic carbocycles. The second-order valence-electron chi connectivity index (χ2n) is 8.72. The lowest BCUT2D eigenvalue weighted by Crippen LogP contribution is -2.64. The number of hydrogen-bond donors (Lipinski definition) is 2. The number of rotatable bonds is 7. The van der Waals surface area contributed by atoms with Gasteiger partial charge in [-0.2, -0.15) is 31.4 Å². The van der Waals surface area contributed by atoms with Gasteiger partial charge in [-0.3, -0.25) is 14.6 Å². The van der Waals surface area contributed by atoms with Crippen LogP contribution in [0.1, 0.15) is 24.5 Å². The highest BCUT2D eigenvalue weighted by molar-refractivity contribution is 5.73. The molecule has 0 radical (unpaired) electrons. The van der Waals surface area contributed by atoms with Crippen molar-refractivity contribution in [3.05, 3.63) is 48.0 Å². The molecule has 2 aliphatic rings. The monoisotopic (exact) mass is 570 g/mol. The lowest BCUT2D eigenvalue weighted by molar-refractivity contribution is -0.193. The van der Waals surface area contributed by atoms with Crippen LogP contribution in [0.2, 0.25) is 0 Å². The van der Waals surface area contributed by atoms with Crippen LogP contribution >= 0.6 is 0 Å². The number of aryl methyl sites for hydroxylation is 1. The molecule has 1 spiro atoms. The van der Waals surface area contributed by atoms with Crippen molar-refractivity contribution in [2.24, 2.45) is 5.92 Å². The van der Waals surface area contributed by atoms with Crippen LogP contribution in [0.4, 0.5) is 26.3 Å². The van der Waals surface area contributed by atoms with Gasteiger partial charge in [-0.25, -0.2) is 9.59 Å². The quantitative estimate of drug-likeness (QED) is 0.482. The number of likely N-dealkylation sites (tertiary alicyclic amines) is 1. The molecule has 2 aliphatic heterocycles. The van der Waals surface area contributed by atoms with Crippen molar-refractivity contribution >= 4 is 11.9 Å². The predicted molar refractivity (Wildman–Crippen MR) is 121 cm³/mol. The van der Waals surface area contributed by atoms with E-state index in [1.54, 1.807) is 0 Å². The Bertz CT molecular complexity index is 1030. The van der Waals surface area contributed by atoms with Gasteiger partial charge in [0.05, 0.1) is 25.0 Å². The fourth-order valence-corrected chi connectivity index (χ4v) is 3.91. The number of aromatic nitrogens is 3. The highest BCUT2D eigenvalue weighted by Crippen LogP contribution is 2.40. The summed E-state index contributed by atoms with van der Waals surface area (Å²) in [6.45, 7) is 8.24. The van der Waals surface area contributed by atoms with E-state index in [-0.39, 0.29) is 5.60 Å². The smallest absolute Gasteiger partial charge is 0.475 e. The zero-order chi connectivity index (χ0) is 29.3. The van der Waals surface area contributed by atoms with Crippen molar-refractivity contribution in [2.75, 3.05) is 26.3 Å². The molecule has 4 heterocycles. The summed E-state index contributed by atoms with van der Waals surface area (Å²) in [5, 5.41) is 18.6. The van der Waals surface area contributed by atoms with Crippen LogP contribution in [0.3, 0.4) is 0 Å². The summed E-state index contributed by atoms with van der Waals surface area (Å²) in [4.78, 5) is 24.3. The molecule has 2 fully saturated rings. The minimum atomic E-state index is -5.08. The number of alkyl halides is 6. The molecule has 39 heavy (non-hydrogen) atoms. The first kappa shape index (κ1) is 32.0. The van der Waals surface area contributed by atoms with Crippen molar-refractivity contribution in [3.8, 4) is 0 Å². The second-order valence-corrected chi connectivity index (χ2v) is 8.72. The topological polar surface area (TPSA) is 127 Å². The predicted octanol–water partition coefficient (Wildman–Crippen LogP) is 3.37. The van der Waals surface area contributed by atoms with Gasteiger partial charge in [0.25, 0.3) is 0 Å². The molecule has 2 saturated heterocycles. The Morgan fingerprint density at radius 1 is 1.08 bits per heavy atom. The average Bonchev–Trinajstić information content (AvgIpc) is 3.46. The van der Waals surface area contributed by atoms with E-state index in [1.807, 2.05) is 35.4 Å². The standard InChI is InChI=1S/C19H26N4O2.2C2HF3O2/c1-2-23-11-17(9-21-23)10-22-14-19(15-22)18(5-8-25-19)13-24-12-16-3-6-20-7-4-16;2*3-2(4,5)1(6)7/h3-4,6-7,9,11,18H,2,5,8,10,12-15H2,1H3;2*(H,6,7). The van der Waals surface area contributed by atoms with Crippen molar-refractivity contribution < 1.29 is 55.6 Å². The number of pyridine rings is 1. The number of ether oxygens (including phenoxy) is 2. The molecule has 218 valence electrons. The van der Waals surface area contributed by atoms with Crippen LogP contribution in [0, 0.1) is 5.92 Å². The molecule has 0 bridgehead atoms. The molecule has 1 atom stereocenters. The molecular formula is C23H28F6N4O6. The maximum atomic E-state index is 10.6. The van der Waals surface area contributed by atoms with Crippen molar-refractivity contribution in [2.45, 2.75) is 51.0 Å². The highest BCUT2D eigenvalue weighted by Gasteiger charge is 2.52. The summed E-state index contributed by atoms with van der Waals surface area (Å²) in [7, 11) is 0. The number of carboxylic acids is 2. The van der Waals surface area contributed by atoms with E-state index in [9.17, 15) is 26.3 Å². The summed E-state index contributed by atoms with van der Waals surface area (Å²) >= 11 is 0. The largest absolute Gasteiger partial charge is 0.490 e. The molecule has 2 aromatic heterocycles. The van der Waals surface area contributed by atoms with Crippen LogP contribution in [0.25, 0.3) is 0 Å². The molecule has 4 rings (SSSR count). The van der Waals surface area contributed by atoms with Crippen LogP contribution < -0.4 is 0 Å². The average molecular weight is 570 g/mol. The number of halogens is 6. The van der Waals surface area contributed by atoms with E-state index in [4.69, 9.17) is 29.3 Å². The number of aliphatic carboxylic acids is 2. The van der Waals surface area contributed by atoms with Crippen LogP contribution in [-0.4, -0.2) is 86.1 Å². The fraction of sp³-hybridized carbons (Fsp3) is 0.565. The lowest BCUT2D eigenvalue weighted by Gasteiger charge is -2.50. The minimum Gasteiger partial charge on any atom is -0.475 e. The maximum Gasteiger partial charge on any atom is 0.490 e. The SMILES string of the molecule is CCn1cc(CN2CC3(C2)OCCC3COCc2ccncc2)cn1.O=C(O)C(F)(F)F.O=C(O)C(F)(F)F. The van der Waals surface area contributed by atoms with Gasteiger partial charge < -0.3 is 19.7 Å². The van der Waals surface area contributed by atoms with Crippen LogP contribution in [-0.2, 0) is 38.8 Å². The molecule has 0 saturated carbocycles. The van der Waals surface area contributed by atoms with Gasteiger partial charge in [-0.1, -0.05) is 0 Å². The fourth-order valence-electron chi connectivity index (χ4n) is 3.91. The van der Waals surface area contributed by atoms with Gasteiger partial charge in [-0.15, -0.1) is 0 Å². The second kappa shape index (κ2) is 13.7. The van der Waals surface area contributed by atoms with E-state index < -0.39 is 24.3 Å². The summed E-state index contributed by atoms with van der Waals surface area (Å²) < 4.78 is 77.6. The number of hydrogen-bond acceptors (Lipinski definition) is 7. The van der Waals surface area contributed by atoms with Gasteiger partial charge in [0, 0.05) is 62.9 Å². The third-order valence-electron chi connectivity index (χ3n) is 5.82. The number of carbonyl (C=O) groups is 2. The van der Waals surface area contributed by atoms with Crippen molar-refractivity contribution in [1.82, 2.24) is 19.7 Å². The third-order valence-corrected chi connectivity index (χ3v) is 5.82. The Labute approximate surface area is 219 Å². The van der Waals surface area contributed by atoms with Gasteiger partial charge in [0.15, 0.2) is 0 Å². The third kappa shape index (κ3) is 10.1. The minimum absolute atomic E-state index is 0.000998. The molecule has 0 amide bonds. The zero-order valence-corrected chi connectivity index (χ0v) is 20.8. The maximum absolute atomic E-state index is 10.6. The summed E-state index contributed by atoms with van der Waals surface area (Å²) in [6.07, 6.45) is -1.35. The van der Waals surface area contributed by atoms with E-state index in [0.29, 0.717) is 12.5 Å². The zero-order valence-electron chi connectivity index (χ0n) is 20.8. The van der Waals surface area contributed by atoms with Crippen molar-refractivity contribution in [1.29, 1.82) is 0 Å². The normalized spacial score (nSPS) is 18.4. The van der Waals surface area contributed by atoms with Gasteiger partial charge >= 0.3 is 24.3 Å². The first-order valence-electron chi connectivity index (χ1n) is 11.6. The van der Waals surface area contributed by atoms with Gasteiger partial charge in [0.1, 0.15) is 0 Å². The molecular weight excluding hydrogens is 542 g/mol. The Morgan fingerprint density at radius 3 is 2.13 bits per heavy atom. The summed E-state index contributed by atoms with van der Waals surface area (Å²) in [5.41, 5.74) is 2.45. The van der Waals surface area contributed by atoms with Crippen molar-refractivity contribution in [3.63, 3.8) is 0 Å². The lowest BCUT2D eigenvalue weighted by atomic mass is 9.81. The van der Waals surface area contributed by atoms with Crippen LogP contribution in [0.5, 0.6) is 0 Å². The Balaban J connectivity index is 0.000000317.